The summed E-state index contributed by atoms with van der Waals surface area (Å²) in [6, 6.07) is 15.7. The molecule has 0 saturated heterocycles. The second-order valence-electron chi connectivity index (χ2n) is 4.36. The molecule has 0 bridgehead atoms. The zero-order chi connectivity index (χ0) is 13.1. The molecule has 1 aliphatic rings. The molecule has 1 heterocycles. The van der Waals surface area contributed by atoms with E-state index in [-0.39, 0.29) is 0 Å². The van der Waals surface area contributed by atoms with Gasteiger partial charge in [0.15, 0.2) is 0 Å². The highest BCUT2D eigenvalue weighted by molar-refractivity contribution is 6.00. The molecule has 0 saturated carbocycles. The Kier molecular flexibility index (Phi) is 3.16. The number of ether oxygens (including phenoxy) is 1. The lowest BCUT2D eigenvalue weighted by atomic mass is 10.1. The zero-order valence-electron chi connectivity index (χ0n) is 10.5. The molecule has 2 aromatic carbocycles. The maximum Gasteiger partial charge on any atom is 0.147 e. The number of hydrogen-bond donors (Lipinski definition) is 2. The van der Waals surface area contributed by atoms with Gasteiger partial charge in [0.05, 0.1) is 12.3 Å². The van der Waals surface area contributed by atoms with Crippen LogP contribution < -0.4 is 16.0 Å². The summed E-state index contributed by atoms with van der Waals surface area (Å²) in [5.41, 5.74) is 5.71. The summed E-state index contributed by atoms with van der Waals surface area (Å²) in [5, 5.41) is 0. The van der Waals surface area contributed by atoms with Crippen LogP contribution in [-0.4, -0.2) is 12.4 Å². The number of nitrogens with one attached hydrogen (secondary N) is 1. The maximum atomic E-state index is 5.59. The minimum absolute atomic E-state index is 0.654. The number of aliphatic imine (C=N–C) groups is 1. The normalized spacial score (nSPS) is 13.8. The summed E-state index contributed by atoms with van der Waals surface area (Å²) in [5.74, 6) is 7.20. The molecule has 0 aromatic heterocycles. The fourth-order valence-electron chi connectivity index (χ4n) is 2.15. The summed E-state index contributed by atoms with van der Waals surface area (Å²) in [6.07, 6.45) is 0.937. The van der Waals surface area contributed by atoms with E-state index in [1.54, 1.807) is 0 Å². The van der Waals surface area contributed by atoms with Crippen LogP contribution in [0.25, 0.3) is 0 Å². The Hall–Kier alpha value is -2.33. The van der Waals surface area contributed by atoms with Crippen molar-refractivity contribution >= 4 is 11.5 Å². The van der Waals surface area contributed by atoms with Gasteiger partial charge in [-0.2, -0.15) is 0 Å². The van der Waals surface area contributed by atoms with E-state index in [1.165, 1.54) is 5.56 Å². The number of hydrazine groups is 1. The fraction of sp³-hybridized carbons (Fsp3) is 0.133. The number of hydrogen-bond acceptors (Lipinski definition) is 3. The number of para-hydroxylation sites is 1. The number of benzene rings is 2. The lowest BCUT2D eigenvalue weighted by molar-refractivity contribution is 0.357. The van der Waals surface area contributed by atoms with Crippen molar-refractivity contribution in [1.82, 2.24) is 5.43 Å². The average Bonchev–Trinajstić information content (AvgIpc) is 2.93. The van der Waals surface area contributed by atoms with Gasteiger partial charge in [-0.1, -0.05) is 18.2 Å². The molecule has 4 heteroatoms. The monoisotopic (exact) mass is 253 g/mol. The standard InChI is InChI=1S/C15H15N3O/c16-18-15(17-13-4-2-1-3-5-13)12-6-7-14-11(10-12)8-9-19-14/h1-7,10H,8-9,16H2,(H,17,18). The number of fused-ring (bicyclic) bond motifs is 1. The Balaban J connectivity index is 1.96. The number of rotatable bonds is 2. The number of nitrogens with zero attached hydrogens (tertiary/aromatic N) is 1. The fourth-order valence-corrected chi connectivity index (χ4v) is 2.15. The van der Waals surface area contributed by atoms with Crippen LogP contribution in [-0.2, 0) is 6.42 Å². The molecule has 3 rings (SSSR count). The lowest BCUT2D eigenvalue weighted by Crippen LogP contribution is -2.30. The topological polar surface area (TPSA) is 59.6 Å². The van der Waals surface area contributed by atoms with Gasteiger partial charge in [-0.3, -0.25) is 0 Å². The second kappa shape index (κ2) is 5.12. The molecule has 3 N–H and O–H groups in total. The van der Waals surface area contributed by atoms with E-state index in [9.17, 15) is 0 Å². The van der Waals surface area contributed by atoms with Gasteiger partial charge in [-0.25, -0.2) is 10.8 Å². The van der Waals surface area contributed by atoms with Crippen LogP contribution in [0.3, 0.4) is 0 Å². The maximum absolute atomic E-state index is 5.59. The molecule has 0 aliphatic carbocycles. The molecule has 1 aliphatic heterocycles. The first-order valence-electron chi connectivity index (χ1n) is 6.23. The SMILES string of the molecule is NNC(=Nc1ccccc1)c1ccc2c(c1)CCO2. The molecule has 19 heavy (non-hydrogen) atoms. The quantitative estimate of drug-likeness (QED) is 0.373. The summed E-state index contributed by atoms with van der Waals surface area (Å²) in [7, 11) is 0. The third-order valence-corrected chi connectivity index (χ3v) is 3.10. The van der Waals surface area contributed by atoms with Gasteiger partial charge in [0, 0.05) is 12.0 Å². The molecular formula is C15H15N3O. The van der Waals surface area contributed by atoms with Crippen LogP contribution in [0.2, 0.25) is 0 Å². The van der Waals surface area contributed by atoms with Crippen molar-refractivity contribution in [1.29, 1.82) is 0 Å². The Morgan fingerprint density at radius 3 is 2.79 bits per heavy atom. The van der Waals surface area contributed by atoms with E-state index in [4.69, 9.17) is 10.6 Å². The minimum Gasteiger partial charge on any atom is -0.493 e. The van der Waals surface area contributed by atoms with Gasteiger partial charge < -0.3 is 10.2 Å². The lowest BCUT2D eigenvalue weighted by Gasteiger charge is -2.07. The first kappa shape index (κ1) is 11.7. The number of amidine groups is 1. The molecule has 0 unspecified atom stereocenters. The van der Waals surface area contributed by atoms with E-state index >= 15 is 0 Å². The van der Waals surface area contributed by atoms with Crippen LogP contribution in [0.15, 0.2) is 53.5 Å². The molecule has 2 aromatic rings. The highest BCUT2D eigenvalue weighted by atomic mass is 16.5. The summed E-state index contributed by atoms with van der Waals surface area (Å²) >= 11 is 0. The van der Waals surface area contributed by atoms with Crippen LogP contribution >= 0.6 is 0 Å². The van der Waals surface area contributed by atoms with Crippen molar-refractivity contribution in [3.05, 3.63) is 59.7 Å². The first-order chi connectivity index (χ1) is 9.36. The highest BCUT2D eigenvalue weighted by Gasteiger charge is 2.13. The van der Waals surface area contributed by atoms with Gasteiger partial charge in [-0.15, -0.1) is 0 Å². The van der Waals surface area contributed by atoms with Gasteiger partial charge in [0.1, 0.15) is 11.6 Å². The van der Waals surface area contributed by atoms with Crippen LogP contribution in [0.1, 0.15) is 11.1 Å². The van der Waals surface area contributed by atoms with Crippen LogP contribution in [0.5, 0.6) is 5.75 Å². The van der Waals surface area contributed by atoms with E-state index in [0.29, 0.717) is 5.84 Å². The van der Waals surface area contributed by atoms with Gasteiger partial charge in [0.2, 0.25) is 0 Å². The van der Waals surface area contributed by atoms with Gasteiger partial charge >= 0.3 is 0 Å². The van der Waals surface area contributed by atoms with Crippen molar-refractivity contribution in [3.63, 3.8) is 0 Å². The summed E-state index contributed by atoms with van der Waals surface area (Å²) < 4.78 is 5.49. The van der Waals surface area contributed by atoms with Crippen molar-refractivity contribution in [2.24, 2.45) is 10.8 Å². The van der Waals surface area contributed by atoms with Crippen LogP contribution in [0, 0.1) is 0 Å². The molecule has 4 nitrogen and oxygen atoms in total. The van der Waals surface area contributed by atoms with E-state index in [1.807, 2.05) is 42.5 Å². The van der Waals surface area contributed by atoms with E-state index < -0.39 is 0 Å². The summed E-state index contributed by atoms with van der Waals surface area (Å²) in [4.78, 5) is 4.51. The number of nitrogens with two attached hydrogens (primary N) is 1. The zero-order valence-corrected chi connectivity index (χ0v) is 10.5. The third kappa shape index (κ3) is 2.44. The smallest absolute Gasteiger partial charge is 0.147 e. The first-order valence-corrected chi connectivity index (χ1v) is 6.23. The highest BCUT2D eigenvalue weighted by Crippen LogP contribution is 2.26. The largest absolute Gasteiger partial charge is 0.493 e. The summed E-state index contributed by atoms with van der Waals surface area (Å²) in [6.45, 7) is 0.750. The molecule has 96 valence electrons. The van der Waals surface area contributed by atoms with Gasteiger partial charge in [0.25, 0.3) is 0 Å². The Morgan fingerprint density at radius 2 is 2.00 bits per heavy atom. The Morgan fingerprint density at radius 1 is 1.16 bits per heavy atom. The minimum atomic E-state index is 0.654. The van der Waals surface area contributed by atoms with E-state index in [0.717, 1.165) is 30.0 Å². The molecule has 0 spiro atoms. The molecular weight excluding hydrogens is 238 g/mol. The second-order valence-corrected chi connectivity index (χ2v) is 4.36. The molecule has 0 radical (unpaired) electrons. The van der Waals surface area contributed by atoms with Crippen molar-refractivity contribution in [3.8, 4) is 5.75 Å². The Bertz CT molecular complexity index is 608. The third-order valence-electron chi connectivity index (χ3n) is 3.10. The molecule has 0 amide bonds. The molecule has 0 fully saturated rings. The molecule has 0 atom stereocenters. The Labute approximate surface area is 111 Å². The van der Waals surface area contributed by atoms with E-state index in [2.05, 4.69) is 16.5 Å². The predicted octanol–water partition coefficient (Wildman–Crippen LogP) is 2.16. The van der Waals surface area contributed by atoms with Crippen molar-refractivity contribution < 1.29 is 4.74 Å². The van der Waals surface area contributed by atoms with Crippen molar-refractivity contribution in [2.75, 3.05) is 6.61 Å². The van der Waals surface area contributed by atoms with Crippen LogP contribution in [0.4, 0.5) is 5.69 Å². The van der Waals surface area contributed by atoms with Gasteiger partial charge in [-0.05, 0) is 35.9 Å². The van der Waals surface area contributed by atoms with Crippen molar-refractivity contribution in [2.45, 2.75) is 6.42 Å². The predicted molar refractivity (Wildman–Crippen MR) is 75.6 cm³/mol. The average molecular weight is 253 g/mol.